The van der Waals surface area contributed by atoms with Crippen LogP contribution in [0.3, 0.4) is 0 Å². The van der Waals surface area contributed by atoms with Crippen molar-refractivity contribution in [3.63, 3.8) is 0 Å². The minimum absolute atomic E-state index is 0.162. The first-order valence-electron chi connectivity index (χ1n) is 8.88. The monoisotopic (exact) mass is 446 g/mol. The van der Waals surface area contributed by atoms with Gasteiger partial charge in [0.2, 0.25) is 6.79 Å². The predicted molar refractivity (Wildman–Crippen MR) is 113 cm³/mol. The van der Waals surface area contributed by atoms with Crippen LogP contribution in [0, 0.1) is 0 Å². The Hall–Kier alpha value is -3.24. The number of hydrogen-bond acceptors (Lipinski definition) is 7. The largest absolute Gasteiger partial charge is 0.484 e. The fraction of sp³-hybridized carbons (Fsp3) is 0.150. The van der Waals surface area contributed by atoms with Crippen molar-refractivity contribution in [2.24, 2.45) is 0 Å². The number of carbonyl (C=O) groups excluding carboxylic acids is 1. The maximum absolute atomic E-state index is 12.6. The molecular weight excluding hydrogens is 428 g/mol. The molecule has 8 nitrogen and oxygen atoms in total. The van der Waals surface area contributed by atoms with E-state index in [0.29, 0.717) is 28.6 Å². The number of benzene rings is 2. The molecule has 156 valence electrons. The molecule has 1 aliphatic heterocycles. The van der Waals surface area contributed by atoms with Gasteiger partial charge < -0.3 is 19.5 Å². The number of nitrogens with one attached hydrogen (secondary N) is 1. The van der Waals surface area contributed by atoms with Crippen molar-refractivity contribution in [3.05, 3.63) is 60.0 Å². The minimum Gasteiger partial charge on any atom is -0.484 e. The summed E-state index contributed by atoms with van der Waals surface area (Å²) in [5, 5.41) is 4.44. The van der Waals surface area contributed by atoms with Crippen LogP contribution in [0.15, 0.2) is 64.2 Å². The standard InChI is InChI=1S/C20H18N2O6S2/c1-22(30(24,25)20-3-2-10-29-20)15-5-7-16(8-6-15)26-12-19(23)21-14-4-9-17-18(11-14)28-13-27-17/h2-11H,12-13H2,1H3,(H,21,23). The topological polar surface area (TPSA) is 94.2 Å². The Morgan fingerprint density at radius 2 is 1.90 bits per heavy atom. The lowest BCUT2D eigenvalue weighted by molar-refractivity contribution is -0.118. The summed E-state index contributed by atoms with van der Waals surface area (Å²) in [6.07, 6.45) is 0. The second kappa shape index (κ2) is 8.25. The fourth-order valence-electron chi connectivity index (χ4n) is 2.76. The Morgan fingerprint density at radius 1 is 1.13 bits per heavy atom. The van der Waals surface area contributed by atoms with Crippen molar-refractivity contribution in [1.82, 2.24) is 0 Å². The molecule has 2 aromatic carbocycles. The second-order valence-corrected chi connectivity index (χ2v) is 9.45. The number of hydrogen-bond donors (Lipinski definition) is 1. The van der Waals surface area contributed by atoms with Crippen molar-refractivity contribution in [2.75, 3.05) is 30.1 Å². The van der Waals surface area contributed by atoms with Gasteiger partial charge in [-0.1, -0.05) is 6.07 Å². The summed E-state index contributed by atoms with van der Waals surface area (Å²) >= 11 is 1.16. The van der Waals surface area contributed by atoms with E-state index in [0.717, 1.165) is 11.3 Å². The van der Waals surface area contributed by atoms with Crippen LogP contribution in [0.4, 0.5) is 11.4 Å². The number of fused-ring (bicyclic) bond motifs is 1. The molecule has 1 amide bonds. The number of carbonyl (C=O) groups is 1. The predicted octanol–water partition coefficient (Wildman–Crippen LogP) is 3.32. The van der Waals surface area contributed by atoms with Crippen LogP contribution in [0.1, 0.15) is 0 Å². The highest BCUT2D eigenvalue weighted by Gasteiger charge is 2.22. The molecule has 10 heteroatoms. The van der Waals surface area contributed by atoms with E-state index in [4.69, 9.17) is 14.2 Å². The SMILES string of the molecule is CN(c1ccc(OCC(=O)Nc2ccc3c(c2)OCO3)cc1)S(=O)(=O)c1cccs1. The third kappa shape index (κ3) is 4.19. The lowest BCUT2D eigenvalue weighted by atomic mass is 10.3. The third-order valence-corrected chi connectivity index (χ3v) is 7.50. The molecule has 0 aliphatic carbocycles. The molecule has 3 aromatic rings. The minimum atomic E-state index is -3.60. The Bertz CT molecular complexity index is 1140. The smallest absolute Gasteiger partial charge is 0.273 e. The number of anilines is 2. The van der Waals surface area contributed by atoms with Gasteiger partial charge in [-0.2, -0.15) is 0 Å². The van der Waals surface area contributed by atoms with Crippen LogP contribution in [0.2, 0.25) is 0 Å². The van der Waals surface area contributed by atoms with Gasteiger partial charge in [-0.25, -0.2) is 8.42 Å². The van der Waals surface area contributed by atoms with E-state index < -0.39 is 10.0 Å². The number of thiophene rings is 1. The zero-order chi connectivity index (χ0) is 21.1. The average molecular weight is 447 g/mol. The van der Waals surface area contributed by atoms with E-state index >= 15 is 0 Å². The Labute approximate surface area is 177 Å². The molecule has 4 rings (SSSR count). The molecule has 0 spiro atoms. The molecule has 30 heavy (non-hydrogen) atoms. The van der Waals surface area contributed by atoms with E-state index in [1.54, 1.807) is 60.0 Å². The lowest BCUT2D eigenvalue weighted by Crippen LogP contribution is -2.25. The van der Waals surface area contributed by atoms with Gasteiger partial charge in [0, 0.05) is 18.8 Å². The molecule has 0 atom stereocenters. The summed E-state index contributed by atoms with van der Waals surface area (Å²) in [5.41, 5.74) is 1.06. The van der Waals surface area contributed by atoms with E-state index in [-0.39, 0.29) is 23.5 Å². The summed E-state index contributed by atoms with van der Waals surface area (Å²) in [5.74, 6) is 1.32. The Kier molecular flexibility index (Phi) is 5.51. The Morgan fingerprint density at radius 3 is 2.63 bits per heavy atom. The number of sulfonamides is 1. The zero-order valence-corrected chi connectivity index (χ0v) is 17.5. The van der Waals surface area contributed by atoms with Crippen LogP contribution in [-0.4, -0.2) is 34.8 Å². The highest BCUT2D eigenvalue weighted by Crippen LogP contribution is 2.34. The van der Waals surface area contributed by atoms with E-state index in [1.165, 1.54) is 11.4 Å². The summed E-state index contributed by atoms with van der Waals surface area (Å²) in [6.45, 7) is -0.0349. The molecule has 0 bridgehead atoms. The van der Waals surface area contributed by atoms with E-state index in [2.05, 4.69) is 5.32 Å². The molecule has 0 saturated carbocycles. The molecule has 1 aliphatic rings. The lowest BCUT2D eigenvalue weighted by Gasteiger charge is -2.18. The average Bonchev–Trinajstić information content (AvgIpc) is 3.44. The summed E-state index contributed by atoms with van der Waals surface area (Å²) in [4.78, 5) is 12.1. The number of amides is 1. The van der Waals surface area contributed by atoms with Crippen molar-refractivity contribution in [1.29, 1.82) is 0 Å². The van der Waals surface area contributed by atoms with Crippen molar-refractivity contribution >= 4 is 38.6 Å². The van der Waals surface area contributed by atoms with Gasteiger partial charge in [0.05, 0.1) is 5.69 Å². The molecule has 0 radical (unpaired) electrons. The highest BCUT2D eigenvalue weighted by atomic mass is 32.2. The van der Waals surface area contributed by atoms with Crippen LogP contribution in [0.5, 0.6) is 17.2 Å². The van der Waals surface area contributed by atoms with E-state index in [9.17, 15) is 13.2 Å². The zero-order valence-electron chi connectivity index (χ0n) is 15.9. The third-order valence-electron chi connectivity index (χ3n) is 4.34. The van der Waals surface area contributed by atoms with Gasteiger partial charge >= 0.3 is 0 Å². The maximum atomic E-state index is 12.6. The van der Waals surface area contributed by atoms with Gasteiger partial charge in [-0.05, 0) is 47.8 Å². The molecule has 2 heterocycles. The summed E-state index contributed by atoms with van der Waals surface area (Å²) in [7, 11) is -2.11. The fourth-order valence-corrected chi connectivity index (χ4v) is 5.11. The Balaban J connectivity index is 1.34. The normalized spacial score (nSPS) is 12.4. The molecule has 0 unspecified atom stereocenters. The van der Waals surface area contributed by atoms with Crippen molar-refractivity contribution in [2.45, 2.75) is 4.21 Å². The molecule has 0 saturated heterocycles. The number of rotatable bonds is 7. The first-order chi connectivity index (χ1) is 14.4. The number of nitrogens with zero attached hydrogens (tertiary/aromatic N) is 1. The first kappa shape index (κ1) is 20.0. The van der Waals surface area contributed by atoms with Gasteiger partial charge in [0.1, 0.15) is 9.96 Å². The molecule has 1 aromatic heterocycles. The van der Waals surface area contributed by atoms with Crippen LogP contribution in [0.25, 0.3) is 0 Å². The van der Waals surface area contributed by atoms with E-state index in [1.807, 2.05) is 0 Å². The summed E-state index contributed by atoms with van der Waals surface area (Å²) in [6, 6.07) is 14.8. The highest BCUT2D eigenvalue weighted by molar-refractivity contribution is 7.94. The van der Waals surface area contributed by atoms with Crippen LogP contribution in [-0.2, 0) is 14.8 Å². The van der Waals surface area contributed by atoms with Gasteiger partial charge in [-0.3, -0.25) is 9.10 Å². The second-order valence-electron chi connectivity index (χ2n) is 6.30. The first-order valence-corrected chi connectivity index (χ1v) is 11.2. The molecule has 0 fully saturated rings. The van der Waals surface area contributed by atoms with Gasteiger partial charge in [-0.15, -0.1) is 11.3 Å². The maximum Gasteiger partial charge on any atom is 0.273 e. The number of ether oxygens (including phenoxy) is 3. The van der Waals surface area contributed by atoms with Crippen LogP contribution >= 0.6 is 11.3 Å². The van der Waals surface area contributed by atoms with Crippen molar-refractivity contribution < 1.29 is 27.4 Å². The quantitative estimate of drug-likeness (QED) is 0.598. The van der Waals surface area contributed by atoms with Gasteiger partial charge in [0.25, 0.3) is 15.9 Å². The van der Waals surface area contributed by atoms with Crippen LogP contribution < -0.4 is 23.8 Å². The van der Waals surface area contributed by atoms with Gasteiger partial charge in [0.15, 0.2) is 18.1 Å². The summed E-state index contributed by atoms with van der Waals surface area (Å²) < 4.78 is 42.6. The van der Waals surface area contributed by atoms with Crippen molar-refractivity contribution in [3.8, 4) is 17.2 Å². The molecule has 1 N–H and O–H groups in total. The molecular formula is C20H18N2O6S2.